The molecular formula is C78H118Cl2. The number of fused-ring (bicyclic) bond motifs is 6. The Balaban J connectivity index is 0.000000462. The largest absolute Gasteiger partial charge is 0.0843 e. The van der Waals surface area contributed by atoms with Gasteiger partial charge in [0.05, 0.1) is 0 Å². The van der Waals surface area contributed by atoms with Crippen LogP contribution < -0.4 is 0 Å². The highest BCUT2D eigenvalue weighted by Gasteiger charge is 2.35. The summed E-state index contributed by atoms with van der Waals surface area (Å²) in [6, 6.07) is 47.8. The maximum absolute atomic E-state index is 6.00. The van der Waals surface area contributed by atoms with Gasteiger partial charge in [0.25, 0.3) is 0 Å². The van der Waals surface area contributed by atoms with Crippen molar-refractivity contribution in [2.24, 2.45) is 11.8 Å². The van der Waals surface area contributed by atoms with Gasteiger partial charge in [-0.05, 0) is 201 Å². The second kappa shape index (κ2) is 37.9. The number of halogens is 2. The molecule has 6 aliphatic rings. The molecule has 0 N–H and O–H groups in total. The van der Waals surface area contributed by atoms with Crippen LogP contribution in [0.4, 0.5) is 0 Å². The van der Waals surface area contributed by atoms with Gasteiger partial charge in [-0.25, -0.2) is 0 Å². The van der Waals surface area contributed by atoms with E-state index in [4.69, 9.17) is 23.2 Å². The van der Waals surface area contributed by atoms with Crippen LogP contribution in [0.1, 0.15) is 294 Å². The molecule has 2 heteroatoms. The number of benzene rings is 6. The zero-order chi connectivity index (χ0) is 60.9. The standard InChI is InChI=1S/C12H15Cl.C12H16.2C11H14.C10H11Cl.C10H12.6C2H6/c1-8-7-12(2,3)11-6-9(13)4-5-10(8)11;1-9-8-12(2,3)11-7-5-4-6-10(9)11;2*1-8-7-10-5-3-4-6-11(10)9(8)2;1-7-2-3-8-6-9(11)4-5-10(7)8;1-8-6-7-9-4-2-3-5-10(8)9;6*1-2/h4-6,8H,7H2,1-3H3;4-7,9H,8H2,1-3H3;2*3-6,8-9H,7H2,1-2H3;4-7H,2-3H2,1H3;2-5,8H,6-7H2,1H3;6*1-2H3/t8-;9-;2*8-,9-;7-;8-;;;;;;/m000000....../s1. The summed E-state index contributed by atoms with van der Waals surface area (Å²) in [4.78, 5) is 0. The third-order valence-corrected chi connectivity index (χ3v) is 17.4. The molecule has 0 bridgehead atoms. The minimum Gasteiger partial charge on any atom is -0.0843 e. The van der Waals surface area contributed by atoms with Crippen molar-refractivity contribution in [1.82, 2.24) is 0 Å². The minimum absolute atomic E-state index is 0.305. The topological polar surface area (TPSA) is 0 Å². The smallest absolute Gasteiger partial charge is 0.0409 e. The molecule has 0 unspecified atom stereocenters. The van der Waals surface area contributed by atoms with Gasteiger partial charge in [-0.2, -0.15) is 0 Å². The number of aryl methyl sites for hydroxylation is 2. The van der Waals surface area contributed by atoms with Crippen LogP contribution >= 0.6 is 23.2 Å². The minimum atomic E-state index is 0.305. The first-order valence-electron chi connectivity index (χ1n) is 32.3. The Morgan fingerprint density at radius 3 is 1.07 bits per heavy atom. The molecule has 444 valence electrons. The highest BCUT2D eigenvalue weighted by atomic mass is 35.5. The highest BCUT2D eigenvalue weighted by molar-refractivity contribution is 6.31. The van der Waals surface area contributed by atoms with Crippen LogP contribution in [0.15, 0.2) is 133 Å². The fraction of sp³-hybridized carbons (Fsp3) is 0.538. The van der Waals surface area contributed by atoms with Crippen LogP contribution in [-0.2, 0) is 36.5 Å². The molecular weight excluding hydrogens is 1010 g/mol. The van der Waals surface area contributed by atoms with Crippen LogP contribution in [-0.4, -0.2) is 0 Å². The maximum atomic E-state index is 6.00. The Kier molecular flexibility index (Phi) is 35.0. The summed E-state index contributed by atoms with van der Waals surface area (Å²) in [5.41, 5.74) is 19.1. The second-order valence-electron chi connectivity index (χ2n) is 23.1. The summed E-state index contributed by atoms with van der Waals surface area (Å²) >= 11 is 11.9. The third-order valence-electron chi connectivity index (χ3n) is 16.9. The van der Waals surface area contributed by atoms with Crippen molar-refractivity contribution in [3.63, 3.8) is 0 Å². The quantitative estimate of drug-likeness (QED) is 0.142. The molecule has 80 heavy (non-hydrogen) atoms. The first-order valence-corrected chi connectivity index (χ1v) is 33.0. The molecule has 0 aromatic heterocycles. The Bertz CT molecular complexity index is 2550. The SMILES string of the molecule is CC.CC.CC.CC.CC.CC.C[C@@H]1c2ccccc2C[C@@H]1C.C[C@@H]1c2ccccc2C[C@@H]1C.C[C@H]1CC(C)(C)c2cc(Cl)ccc21.C[C@H]1CC(C)(C)c2ccccc21.C[C@H]1CCc2cc(Cl)ccc21.C[C@H]1CCc2ccccc21. The van der Waals surface area contributed by atoms with E-state index in [2.05, 4.69) is 204 Å². The molecule has 0 heterocycles. The molecule has 12 rings (SSSR count). The molecule has 0 saturated carbocycles. The molecule has 0 saturated heterocycles. The third kappa shape index (κ3) is 20.7. The zero-order valence-corrected chi connectivity index (χ0v) is 57.2. The molecule has 6 aliphatic carbocycles. The van der Waals surface area contributed by atoms with E-state index in [1.54, 1.807) is 44.5 Å². The van der Waals surface area contributed by atoms with Gasteiger partial charge in [0.15, 0.2) is 0 Å². The van der Waals surface area contributed by atoms with E-state index in [0.29, 0.717) is 16.7 Å². The molecule has 0 fully saturated rings. The number of hydrogen-bond donors (Lipinski definition) is 0. The van der Waals surface area contributed by atoms with Gasteiger partial charge in [0, 0.05) is 10.0 Å². The molecule has 0 amide bonds. The van der Waals surface area contributed by atoms with Gasteiger partial charge in [-0.1, -0.05) is 299 Å². The average molecular weight is 1130 g/mol. The van der Waals surface area contributed by atoms with Gasteiger partial charge in [-0.15, -0.1) is 0 Å². The summed E-state index contributed by atoms with van der Waals surface area (Å²) < 4.78 is 0. The van der Waals surface area contributed by atoms with Crippen molar-refractivity contribution in [2.75, 3.05) is 0 Å². The lowest BCUT2D eigenvalue weighted by molar-refractivity contribution is 0.489. The normalized spacial score (nSPS) is 21.9. The highest BCUT2D eigenvalue weighted by Crippen LogP contribution is 2.47. The van der Waals surface area contributed by atoms with E-state index in [9.17, 15) is 0 Å². The lowest BCUT2D eigenvalue weighted by Gasteiger charge is -2.18. The van der Waals surface area contributed by atoms with E-state index < -0.39 is 0 Å². The molecule has 8 atom stereocenters. The van der Waals surface area contributed by atoms with Crippen LogP contribution in [0.5, 0.6) is 0 Å². The lowest BCUT2D eigenvalue weighted by atomic mass is 9.86. The molecule has 0 nitrogen and oxygen atoms in total. The zero-order valence-electron chi connectivity index (χ0n) is 55.7. The number of hydrogen-bond acceptors (Lipinski definition) is 0. The van der Waals surface area contributed by atoms with Crippen molar-refractivity contribution < 1.29 is 0 Å². The Morgan fingerprint density at radius 1 is 0.325 bits per heavy atom. The van der Waals surface area contributed by atoms with Gasteiger partial charge < -0.3 is 0 Å². The predicted octanol–water partition coefficient (Wildman–Crippen LogP) is 25.8. The van der Waals surface area contributed by atoms with Crippen LogP contribution in [0, 0.1) is 11.8 Å². The summed E-state index contributed by atoms with van der Waals surface area (Å²) in [6.45, 7) is 51.8. The lowest BCUT2D eigenvalue weighted by Crippen LogP contribution is -2.11. The van der Waals surface area contributed by atoms with E-state index in [0.717, 1.165) is 51.5 Å². The second-order valence-corrected chi connectivity index (χ2v) is 23.9. The molecule has 6 aromatic carbocycles. The Morgan fingerprint density at radius 2 is 0.650 bits per heavy atom. The van der Waals surface area contributed by atoms with E-state index in [-0.39, 0.29) is 0 Å². The molecule has 6 aromatic rings. The van der Waals surface area contributed by atoms with E-state index in [1.165, 1.54) is 73.6 Å². The van der Waals surface area contributed by atoms with Crippen molar-refractivity contribution in [3.05, 3.63) is 210 Å². The summed E-state index contributed by atoms with van der Waals surface area (Å²) in [5.74, 6) is 6.19. The Labute approximate surface area is 506 Å². The monoisotopic (exact) mass is 1120 g/mol. The first-order chi connectivity index (χ1) is 38.3. The van der Waals surface area contributed by atoms with Gasteiger partial charge >= 0.3 is 0 Å². The summed E-state index contributed by atoms with van der Waals surface area (Å²) in [6.07, 6.45) is 10.2. The predicted molar refractivity (Wildman–Crippen MR) is 365 cm³/mol. The fourth-order valence-electron chi connectivity index (χ4n) is 12.6. The maximum Gasteiger partial charge on any atom is 0.0409 e. The molecule has 0 aliphatic heterocycles. The van der Waals surface area contributed by atoms with Gasteiger partial charge in [0.1, 0.15) is 0 Å². The van der Waals surface area contributed by atoms with E-state index in [1.807, 2.05) is 95.2 Å². The first kappa shape index (κ1) is 73.9. The van der Waals surface area contributed by atoms with Crippen LogP contribution in [0.2, 0.25) is 10.0 Å². The van der Waals surface area contributed by atoms with Crippen molar-refractivity contribution in [1.29, 1.82) is 0 Å². The van der Waals surface area contributed by atoms with Gasteiger partial charge in [0.2, 0.25) is 0 Å². The van der Waals surface area contributed by atoms with Crippen molar-refractivity contribution >= 4 is 23.2 Å². The van der Waals surface area contributed by atoms with Crippen molar-refractivity contribution in [2.45, 2.75) is 264 Å². The fourth-order valence-corrected chi connectivity index (χ4v) is 13.0. The molecule has 0 spiro atoms. The van der Waals surface area contributed by atoms with Gasteiger partial charge in [-0.3, -0.25) is 0 Å². The van der Waals surface area contributed by atoms with E-state index >= 15 is 0 Å². The Hall–Kier alpha value is -4.10. The average Bonchev–Trinajstić information content (AvgIpc) is 4.31. The summed E-state index contributed by atoms with van der Waals surface area (Å²) in [5, 5.41) is 1.73. The van der Waals surface area contributed by atoms with Crippen molar-refractivity contribution in [3.8, 4) is 0 Å². The summed E-state index contributed by atoms with van der Waals surface area (Å²) in [7, 11) is 0. The van der Waals surface area contributed by atoms with Crippen LogP contribution in [0.25, 0.3) is 0 Å². The molecule has 0 radical (unpaired) electrons. The van der Waals surface area contributed by atoms with Crippen LogP contribution in [0.3, 0.4) is 0 Å². The number of rotatable bonds is 0.